The smallest absolute Gasteiger partial charge is 0.246 e. The number of nitrogens with zero attached hydrogens (tertiary/aromatic N) is 3. The van der Waals surface area contributed by atoms with E-state index in [4.69, 9.17) is 4.74 Å². The van der Waals surface area contributed by atoms with E-state index in [1.807, 2.05) is 25.1 Å². The number of likely N-dealkylation sites (N-methyl/N-ethyl adjacent to an activating group) is 2. The van der Waals surface area contributed by atoms with Crippen LogP contribution in [0.5, 0.6) is 0 Å². The highest BCUT2D eigenvalue weighted by molar-refractivity contribution is 5.88. The summed E-state index contributed by atoms with van der Waals surface area (Å²) in [6.07, 6.45) is 4.73. The number of carbonyl (C=O) groups is 2. The standard InChI is InChI=1S/C16H29N3O3/c1-17(2)11-7-8-14(20)19(5)13-10-9-12(15(13)22-6)16(21)18(3)4/h7-8,12-13,15H,9-11H2,1-6H3/b8-7+/t12-,13-,15+/m1/s1. The minimum atomic E-state index is -0.244. The molecule has 0 aromatic rings. The third kappa shape index (κ3) is 4.55. The Balaban J connectivity index is 2.73. The van der Waals surface area contributed by atoms with Gasteiger partial charge >= 0.3 is 0 Å². The van der Waals surface area contributed by atoms with Crippen molar-refractivity contribution in [1.82, 2.24) is 14.7 Å². The van der Waals surface area contributed by atoms with E-state index in [-0.39, 0.29) is 29.9 Å². The zero-order valence-electron chi connectivity index (χ0n) is 14.6. The second kappa shape index (κ2) is 8.29. The van der Waals surface area contributed by atoms with Crippen molar-refractivity contribution in [3.8, 4) is 0 Å². The number of hydrogen-bond donors (Lipinski definition) is 0. The lowest BCUT2D eigenvalue weighted by molar-refractivity contribution is -0.139. The van der Waals surface area contributed by atoms with E-state index < -0.39 is 0 Å². The summed E-state index contributed by atoms with van der Waals surface area (Å²) in [5.74, 6) is -0.156. The van der Waals surface area contributed by atoms with E-state index in [2.05, 4.69) is 0 Å². The summed E-state index contributed by atoms with van der Waals surface area (Å²) in [5.41, 5.74) is 0. The van der Waals surface area contributed by atoms with Crippen molar-refractivity contribution in [2.45, 2.75) is 25.0 Å². The van der Waals surface area contributed by atoms with Gasteiger partial charge in [0.05, 0.1) is 18.1 Å². The second-order valence-corrected chi connectivity index (χ2v) is 6.30. The molecule has 6 heteroatoms. The molecule has 1 aliphatic rings. The van der Waals surface area contributed by atoms with Crippen LogP contribution in [0.4, 0.5) is 0 Å². The molecule has 0 saturated heterocycles. The largest absolute Gasteiger partial charge is 0.378 e. The van der Waals surface area contributed by atoms with Gasteiger partial charge in [-0.3, -0.25) is 9.59 Å². The summed E-state index contributed by atoms with van der Waals surface area (Å²) in [4.78, 5) is 29.8. The predicted molar refractivity (Wildman–Crippen MR) is 86.5 cm³/mol. The fraction of sp³-hybridized carbons (Fsp3) is 0.750. The van der Waals surface area contributed by atoms with Crippen LogP contribution in [0.15, 0.2) is 12.2 Å². The van der Waals surface area contributed by atoms with Crippen molar-refractivity contribution >= 4 is 11.8 Å². The third-order valence-corrected chi connectivity index (χ3v) is 4.16. The Bertz CT molecular complexity index is 421. The first kappa shape index (κ1) is 18.6. The first-order chi connectivity index (χ1) is 10.3. The van der Waals surface area contributed by atoms with Gasteiger partial charge in [-0.05, 0) is 26.9 Å². The first-order valence-corrected chi connectivity index (χ1v) is 7.61. The van der Waals surface area contributed by atoms with Crippen LogP contribution in [0.2, 0.25) is 0 Å². The lowest BCUT2D eigenvalue weighted by atomic mass is 10.0. The van der Waals surface area contributed by atoms with Gasteiger partial charge in [-0.2, -0.15) is 0 Å². The molecule has 2 amide bonds. The average molecular weight is 311 g/mol. The van der Waals surface area contributed by atoms with E-state index in [0.717, 1.165) is 19.4 Å². The second-order valence-electron chi connectivity index (χ2n) is 6.30. The fourth-order valence-electron chi connectivity index (χ4n) is 2.92. The van der Waals surface area contributed by atoms with Crippen LogP contribution in [0.3, 0.4) is 0 Å². The van der Waals surface area contributed by atoms with E-state index in [0.29, 0.717) is 0 Å². The molecule has 3 atom stereocenters. The highest BCUT2D eigenvalue weighted by Crippen LogP contribution is 2.32. The van der Waals surface area contributed by atoms with Crippen LogP contribution in [0, 0.1) is 5.92 Å². The van der Waals surface area contributed by atoms with Crippen LogP contribution in [-0.4, -0.2) is 87.6 Å². The van der Waals surface area contributed by atoms with Crippen molar-refractivity contribution in [1.29, 1.82) is 0 Å². The lowest BCUT2D eigenvalue weighted by Crippen LogP contribution is -2.46. The summed E-state index contributed by atoms with van der Waals surface area (Å²) < 4.78 is 5.55. The quantitative estimate of drug-likeness (QED) is 0.668. The average Bonchev–Trinajstić information content (AvgIpc) is 2.88. The Morgan fingerprint density at radius 2 is 1.77 bits per heavy atom. The summed E-state index contributed by atoms with van der Waals surface area (Å²) >= 11 is 0. The van der Waals surface area contributed by atoms with E-state index >= 15 is 0 Å². The zero-order valence-corrected chi connectivity index (χ0v) is 14.6. The van der Waals surface area contributed by atoms with E-state index in [1.165, 1.54) is 0 Å². The molecular weight excluding hydrogens is 282 g/mol. The molecule has 0 bridgehead atoms. The van der Waals surface area contributed by atoms with Crippen molar-refractivity contribution < 1.29 is 14.3 Å². The lowest BCUT2D eigenvalue weighted by Gasteiger charge is -2.30. The van der Waals surface area contributed by atoms with Gasteiger partial charge in [0.15, 0.2) is 0 Å². The molecule has 1 saturated carbocycles. The topological polar surface area (TPSA) is 53.1 Å². The maximum Gasteiger partial charge on any atom is 0.246 e. The van der Waals surface area contributed by atoms with Gasteiger partial charge in [-0.1, -0.05) is 6.08 Å². The Morgan fingerprint density at radius 1 is 1.14 bits per heavy atom. The summed E-state index contributed by atoms with van der Waals surface area (Å²) in [7, 11) is 10.8. The van der Waals surface area contributed by atoms with E-state index in [9.17, 15) is 9.59 Å². The molecule has 22 heavy (non-hydrogen) atoms. The molecule has 0 radical (unpaired) electrons. The summed E-state index contributed by atoms with van der Waals surface area (Å²) in [6.45, 7) is 0.722. The van der Waals surface area contributed by atoms with Crippen LogP contribution in [0.25, 0.3) is 0 Å². The number of ether oxygens (including phenoxy) is 1. The molecule has 0 spiro atoms. The van der Waals surface area contributed by atoms with Crippen LogP contribution in [-0.2, 0) is 14.3 Å². The molecule has 0 N–H and O–H groups in total. The highest BCUT2D eigenvalue weighted by Gasteiger charge is 2.43. The van der Waals surface area contributed by atoms with Crippen molar-refractivity contribution in [2.24, 2.45) is 5.92 Å². The Labute approximate surface area is 133 Å². The molecule has 1 aliphatic carbocycles. The van der Waals surface area contributed by atoms with Crippen molar-refractivity contribution in [3.63, 3.8) is 0 Å². The monoisotopic (exact) mass is 311 g/mol. The van der Waals surface area contributed by atoms with Gasteiger partial charge in [0, 0.05) is 40.9 Å². The molecule has 0 unspecified atom stereocenters. The fourth-order valence-corrected chi connectivity index (χ4v) is 2.92. The molecule has 0 aromatic heterocycles. The zero-order chi connectivity index (χ0) is 16.9. The molecular formula is C16H29N3O3. The van der Waals surface area contributed by atoms with Crippen LogP contribution < -0.4 is 0 Å². The normalized spacial score (nSPS) is 25.0. The molecule has 1 rings (SSSR count). The van der Waals surface area contributed by atoms with Crippen LogP contribution in [0.1, 0.15) is 12.8 Å². The molecule has 0 aromatic carbocycles. The summed E-state index contributed by atoms with van der Waals surface area (Å²) in [5, 5.41) is 0. The molecule has 126 valence electrons. The van der Waals surface area contributed by atoms with Gasteiger partial charge in [-0.15, -0.1) is 0 Å². The number of hydrogen-bond acceptors (Lipinski definition) is 4. The first-order valence-electron chi connectivity index (χ1n) is 7.61. The highest BCUT2D eigenvalue weighted by atomic mass is 16.5. The number of carbonyl (C=O) groups excluding carboxylic acids is 2. The van der Waals surface area contributed by atoms with Gasteiger partial charge in [0.1, 0.15) is 0 Å². The third-order valence-electron chi connectivity index (χ3n) is 4.16. The SMILES string of the molecule is CO[C@@H]1[C@H](N(C)C(=O)/C=C/CN(C)C)CC[C@H]1C(=O)N(C)C. The molecule has 1 fully saturated rings. The molecule has 0 heterocycles. The van der Waals surface area contributed by atoms with Crippen LogP contribution >= 0.6 is 0 Å². The van der Waals surface area contributed by atoms with Gasteiger partial charge < -0.3 is 19.4 Å². The van der Waals surface area contributed by atoms with Crippen molar-refractivity contribution in [3.05, 3.63) is 12.2 Å². The Kier molecular flexibility index (Phi) is 7.03. The van der Waals surface area contributed by atoms with Crippen molar-refractivity contribution in [2.75, 3.05) is 48.9 Å². The van der Waals surface area contributed by atoms with Gasteiger partial charge in [0.2, 0.25) is 11.8 Å². The number of rotatable bonds is 6. The predicted octanol–water partition coefficient (Wildman–Crippen LogP) is 0.444. The Morgan fingerprint density at radius 3 is 2.27 bits per heavy atom. The molecule has 6 nitrogen and oxygen atoms in total. The maximum atomic E-state index is 12.3. The summed E-state index contributed by atoms with van der Waals surface area (Å²) in [6, 6.07) is -0.0598. The minimum absolute atomic E-state index is 0.0492. The van der Waals surface area contributed by atoms with Gasteiger partial charge in [-0.25, -0.2) is 0 Å². The van der Waals surface area contributed by atoms with Gasteiger partial charge in [0.25, 0.3) is 0 Å². The number of amides is 2. The molecule has 0 aliphatic heterocycles. The Hall–Kier alpha value is -1.40. The van der Waals surface area contributed by atoms with E-state index in [1.54, 1.807) is 44.1 Å². The minimum Gasteiger partial charge on any atom is -0.378 e. The number of methoxy groups -OCH3 is 1. The maximum absolute atomic E-state index is 12.3.